The molecule has 2 aliphatic rings. The summed E-state index contributed by atoms with van der Waals surface area (Å²) in [6, 6.07) is 6.84. The molecule has 3 rings (SSSR count). The second kappa shape index (κ2) is 4.81. The van der Waals surface area contributed by atoms with Crippen molar-refractivity contribution in [1.29, 1.82) is 0 Å². The van der Waals surface area contributed by atoms with Gasteiger partial charge in [0.1, 0.15) is 5.25 Å². The van der Waals surface area contributed by atoms with Crippen LogP contribution in [0.15, 0.2) is 34.2 Å². The maximum absolute atomic E-state index is 12.6. The van der Waals surface area contributed by atoms with Gasteiger partial charge in [-0.1, -0.05) is 18.2 Å². The van der Waals surface area contributed by atoms with Gasteiger partial charge in [0.15, 0.2) is 9.84 Å². The maximum atomic E-state index is 12.6. The first-order valence-corrected chi connectivity index (χ1v) is 8.15. The van der Waals surface area contributed by atoms with E-state index in [1.807, 2.05) is 0 Å². The Bertz CT molecular complexity index is 668. The molecule has 20 heavy (non-hydrogen) atoms. The molecule has 0 unspecified atom stereocenters. The Labute approximate surface area is 117 Å². The lowest BCUT2D eigenvalue weighted by atomic mass is 9.72. The Morgan fingerprint density at radius 3 is 2.45 bits per heavy atom. The largest absolute Gasteiger partial charge is 0.379 e. The quantitative estimate of drug-likeness (QED) is 0.624. The van der Waals surface area contributed by atoms with Crippen molar-refractivity contribution in [2.24, 2.45) is 4.99 Å². The monoisotopic (exact) mass is 293 g/mol. The highest BCUT2D eigenvalue weighted by Gasteiger charge is 2.44. The smallest absolute Gasteiger partial charge is 0.235 e. The molecule has 0 radical (unpaired) electrons. The molecule has 2 fully saturated rings. The van der Waals surface area contributed by atoms with Crippen LogP contribution in [-0.4, -0.2) is 33.0 Å². The summed E-state index contributed by atoms with van der Waals surface area (Å²) >= 11 is 0. The van der Waals surface area contributed by atoms with Gasteiger partial charge >= 0.3 is 0 Å². The van der Waals surface area contributed by atoms with Crippen LogP contribution in [0, 0.1) is 0 Å². The number of rotatable bonds is 4. The van der Waals surface area contributed by atoms with Crippen LogP contribution < -0.4 is 0 Å². The normalized spacial score (nSPS) is 21.4. The molecule has 1 aromatic rings. The molecule has 0 aromatic heterocycles. The highest BCUT2D eigenvalue weighted by Crippen LogP contribution is 2.47. The van der Waals surface area contributed by atoms with E-state index in [4.69, 9.17) is 4.74 Å². The number of benzene rings is 1. The first-order valence-electron chi connectivity index (χ1n) is 6.60. The van der Waals surface area contributed by atoms with Crippen molar-refractivity contribution in [3.8, 4) is 0 Å². The molecule has 1 aromatic carbocycles. The lowest BCUT2D eigenvalue weighted by Gasteiger charge is -2.39. The number of sulfone groups is 1. The molecule has 0 amide bonds. The highest BCUT2D eigenvalue weighted by atomic mass is 32.2. The number of isocyanates is 1. The molecule has 1 aliphatic carbocycles. The van der Waals surface area contributed by atoms with Gasteiger partial charge in [-0.05, 0) is 30.9 Å². The van der Waals surface area contributed by atoms with Gasteiger partial charge in [0, 0.05) is 0 Å². The lowest BCUT2D eigenvalue weighted by molar-refractivity contribution is 0.0415. The highest BCUT2D eigenvalue weighted by molar-refractivity contribution is 7.92. The third kappa shape index (κ3) is 1.92. The van der Waals surface area contributed by atoms with Crippen LogP contribution in [0.2, 0.25) is 0 Å². The molecule has 6 heteroatoms. The average Bonchev–Trinajstić information content (AvgIpc) is 2.31. The van der Waals surface area contributed by atoms with Gasteiger partial charge < -0.3 is 4.74 Å². The number of hydrogen-bond acceptors (Lipinski definition) is 5. The van der Waals surface area contributed by atoms with Crippen molar-refractivity contribution in [3.05, 3.63) is 29.8 Å². The number of aliphatic imine (C=N–C) groups is 1. The predicted octanol–water partition coefficient (Wildman–Crippen LogP) is 1.57. The number of hydrogen-bond donors (Lipinski definition) is 0. The van der Waals surface area contributed by atoms with E-state index >= 15 is 0 Å². The Hall–Kier alpha value is -1.49. The second-order valence-corrected chi connectivity index (χ2v) is 7.49. The van der Waals surface area contributed by atoms with Crippen LogP contribution in [0.25, 0.3) is 0 Å². The van der Waals surface area contributed by atoms with Gasteiger partial charge in [-0.25, -0.2) is 13.2 Å². The van der Waals surface area contributed by atoms with E-state index in [1.165, 1.54) is 0 Å². The van der Waals surface area contributed by atoms with E-state index in [0.29, 0.717) is 18.4 Å². The summed E-state index contributed by atoms with van der Waals surface area (Å²) in [5.74, 6) is 0. The fourth-order valence-corrected chi connectivity index (χ4v) is 4.46. The average molecular weight is 293 g/mol. The Kier molecular flexibility index (Phi) is 3.24. The van der Waals surface area contributed by atoms with Gasteiger partial charge in [-0.2, -0.15) is 4.99 Å². The summed E-state index contributed by atoms with van der Waals surface area (Å²) in [5, 5.41) is -0.485. The zero-order valence-corrected chi connectivity index (χ0v) is 11.7. The number of carbonyl (C=O) groups excluding carboxylic acids is 1. The van der Waals surface area contributed by atoms with E-state index in [-0.39, 0.29) is 18.1 Å². The standard InChI is InChI=1S/C14H15NO4S/c16-10-15-14(6-3-7-14)12-4-1-2-5-13(12)20(17,18)11-8-19-9-11/h1-2,4-5,11H,3,6-9H2. The van der Waals surface area contributed by atoms with Crippen LogP contribution in [-0.2, 0) is 24.9 Å². The molecule has 0 atom stereocenters. The Balaban J connectivity index is 2.11. The molecular formula is C14H15NO4S. The van der Waals surface area contributed by atoms with E-state index in [2.05, 4.69) is 4.99 Å². The van der Waals surface area contributed by atoms with Crippen molar-refractivity contribution in [2.45, 2.75) is 34.9 Å². The molecule has 5 nitrogen and oxygen atoms in total. The molecule has 1 saturated carbocycles. The molecule has 0 bridgehead atoms. The van der Waals surface area contributed by atoms with E-state index in [0.717, 1.165) is 6.42 Å². The summed E-state index contributed by atoms with van der Waals surface area (Å²) in [5.41, 5.74) is -0.0720. The first kappa shape index (κ1) is 13.5. The summed E-state index contributed by atoms with van der Waals surface area (Å²) in [6.07, 6.45) is 3.92. The fraction of sp³-hybridized carbons (Fsp3) is 0.500. The molecule has 0 spiro atoms. The zero-order valence-electron chi connectivity index (χ0n) is 10.9. The first-order chi connectivity index (χ1) is 9.60. The fourth-order valence-electron chi connectivity index (χ4n) is 2.71. The third-order valence-electron chi connectivity index (χ3n) is 4.18. The van der Waals surface area contributed by atoms with Crippen LogP contribution in [0.5, 0.6) is 0 Å². The van der Waals surface area contributed by atoms with Crippen molar-refractivity contribution in [3.63, 3.8) is 0 Å². The summed E-state index contributed by atoms with van der Waals surface area (Å²) in [7, 11) is -3.43. The third-order valence-corrected chi connectivity index (χ3v) is 6.30. The number of nitrogens with zero attached hydrogens (tertiary/aromatic N) is 1. The van der Waals surface area contributed by atoms with Gasteiger partial charge in [-0.3, -0.25) is 0 Å². The molecule has 106 valence electrons. The molecule has 1 aliphatic heterocycles. The Morgan fingerprint density at radius 1 is 1.25 bits per heavy atom. The molecule has 1 saturated heterocycles. The van der Waals surface area contributed by atoms with Crippen LogP contribution in [0.3, 0.4) is 0 Å². The maximum Gasteiger partial charge on any atom is 0.235 e. The van der Waals surface area contributed by atoms with Gasteiger partial charge in [-0.15, -0.1) is 0 Å². The predicted molar refractivity (Wildman–Crippen MR) is 71.9 cm³/mol. The minimum absolute atomic E-state index is 0.237. The van der Waals surface area contributed by atoms with Crippen LogP contribution in [0.1, 0.15) is 24.8 Å². The molecular weight excluding hydrogens is 278 g/mol. The molecule has 0 N–H and O–H groups in total. The summed E-state index contributed by atoms with van der Waals surface area (Å²) in [6.45, 7) is 0.473. The van der Waals surface area contributed by atoms with E-state index in [1.54, 1.807) is 30.3 Å². The van der Waals surface area contributed by atoms with E-state index < -0.39 is 20.6 Å². The minimum atomic E-state index is -3.43. The van der Waals surface area contributed by atoms with Gasteiger partial charge in [0.2, 0.25) is 6.08 Å². The van der Waals surface area contributed by atoms with E-state index in [9.17, 15) is 13.2 Å². The zero-order chi connectivity index (χ0) is 14.2. The Morgan fingerprint density at radius 2 is 1.95 bits per heavy atom. The van der Waals surface area contributed by atoms with Gasteiger partial charge in [0.05, 0.1) is 23.6 Å². The van der Waals surface area contributed by atoms with Gasteiger partial charge in [0.25, 0.3) is 0 Å². The topological polar surface area (TPSA) is 72.8 Å². The number of ether oxygens (including phenoxy) is 1. The SMILES string of the molecule is O=C=NC1(c2ccccc2S(=O)(=O)C2COC2)CCC1. The van der Waals surface area contributed by atoms with Crippen molar-refractivity contribution >= 4 is 15.9 Å². The van der Waals surface area contributed by atoms with Crippen molar-refractivity contribution in [1.82, 2.24) is 0 Å². The summed E-state index contributed by atoms with van der Waals surface area (Å²) < 4.78 is 30.2. The van der Waals surface area contributed by atoms with Crippen LogP contribution in [0.4, 0.5) is 0 Å². The molecule has 1 heterocycles. The second-order valence-electron chi connectivity index (χ2n) is 5.29. The minimum Gasteiger partial charge on any atom is -0.379 e. The van der Waals surface area contributed by atoms with Crippen molar-refractivity contribution < 1.29 is 17.9 Å². The van der Waals surface area contributed by atoms with Crippen molar-refractivity contribution in [2.75, 3.05) is 13.2 Å². The van der Waals surface area contributed by atoms with Crippen LogP contribution >= 0.6 is 0 Å². The lowest BCUT2D eigenvalue weighted by Crippen LogP contribution is -2.42. The summed E-state index contributed by atoms with van der Waals surface area (Å²) in [4.78, 5) is 14.9.